The van der Waals surface area contributed by atoms with Crippen molar-refractivity contribution in [2.24, 2.45) is 0 Å². The second-order valence-electron chi connectivity index (χ2n) is 4.78. The fraction of sp³-hybridized carbons (Fsp3) is 0.125. The first-order valence-corrected chi connectivity index (χ1v) is 6.97. The number of methoxy groups -OCH3 is 1. The van der Waals surface area contributed by atoms with Crippen LogP contribution < -0.4 is 5.56 Å². The van der Waals surface area contributed by atoms with Crippen molar-refractivity contribution in [2.45, 2.75) is 6.61 Å². The molecule has 0 saturated heterocycles. The molecule has 0 amide bonds. The maximum absolute atomic E-state index is 12.8. The summed E-state index contributed by atoms with van der Waals surface area (Å²) in [5.74, 6) is 0.514. The number of aromatic nitrogens is 2. The van der Waals surface area contributed by atoms with Crippen molar-refractivity contribution in [3.05, 3.63) is 63.7 Å². The third-order valence-electron chi connectivity index (χ3n) is 3.28. The minimum Gasteiger partial charge on any atom is -0.508 e. The molecule has 22 heavy (non-hydrogen) atoms. The summed E-state index contributed by atoms with van der Waals surface area (Å²) in [6, 6.07) is 11.4. The van der Waals surface area contributed by atoms with E-state index in [1.54, 1.807) is 30.3 Å². The van der Waals surface area contributed by atoms with Crippen molar-refractivity contribution in [3.8, 4) is 11.4 Å². The average molecular weight is 317 g/mol. The number of ether oxygens (including phenoxy) is 1. The summed E-state index contributed by atoms with van der Waals surface area (Å²) in [5.41, 5.74) is 0.866. The van der Waals surface area contributed by atoms with Crippen LogP contribution in [0.25, 0.3) is 16.6 Å². The predicted octanol–water partition coefficient (Wildman–Crippen LogP) is 2.89. The Bertz CT molecular complexity index is 888. The lowest BCUT2D eigenvalue weighted by molar-refractivity contribution is 0.175. The molecule has 1 N–H and O–H groups in total. The summed E-state index contributed by atoms with van der Waals surface area (Å²) in [6.45, 7) is 0.170. The second-order valence-corrected chi connectivity index (χ2v) is 5.22. The SMILES string of the molecule is COCc1nc2cc(O)ccc2c(=O)n1-c1ccc(Cl)cc1. The van der Waals surface area contributed by atoms with Crippen LogP contribution in [0.4, 0.5) is 0 Å². The Morgan fingerprint density at radius 3 is 2.64 bits per heavy atom. The minimum atomic E-state index is -0.223. The standard InChI is InChI=1S/C16H13ClN2O3/c1-22-9-15-18-14-8-12(20)6-7-13(14)16(21)19(15)11-4-2-10(17)3-5-11/h2-8,20H,9H2,1H3. The van der Waals surface area contributed by atoms with Crippen molar-refractivity contribution in [1.29, 1.82) is 0 Å². The Kier molecular flexibility index (Phi) is 3.83. The summed E-state index contributed by atoms with van der Waals surface area (Å²) in [6.07, 6.45) is 0. The molecule has 0 aliphatic carbocycles. The molecule has 3 rings (SSSR count). The number of aromatic hydroxyl groups is 1. The molecule has 0 saturated carbocycles. The van der Waals surface area contributed by atoms with Crippen molar-refractivity contribution < 1.29 is 9.84 Å². The second kappa shape index (κ2) is 5.79. The van der Waals surface area contributed by atoms with Gasteiger partial charge in [0, 0.05) is 18.2 Å². The van der Waals surface area contributed by atoms with Gasteiger partial charge >= 0.3 is 0 Å². The molecule has 0 unspecified atom stereocenters. The van der Waals surface area contributed by atoms with Crippen LogP contribution in [0.2, 0.25) is 5.02 Å². The summed E-state index contributed by atoms with van der Waals surface area (Å²) in [5, 5.41) is 10.6. The van der Waals surface area contributed by atoms with Gasteiger partial charge in [-0.05, 0) is 36.4 Å². The third-order valence-corrected chi connectivity index (χ3v) is 3.53. The van der Waals surface area contributed by atoms with Gasteiger partial charge in [-0.25, -0.2) is 4.98 Å². The number of halogens is 1. The largest absolute Gasteiger partial charge is 0.508 e. The predicted molar refractivity (Wildman–Crippen MR) is 84.7 cm³/mol. The van der Waals surface area contributed by atoms with Crippen LogP contribution in [0, 0.1) is 0 Å². The molecule has 0 fully saturated rings. The lowest BCUT2D eigenvalue weighted by Crippen LogP contribution is -2.24. The highest BCUT2D eigenvalue weighted by molar-refractivity contribution is 6.30. The number of fused-ring (bicyclic) bond motifs is 1. The van der Waals surface area contributed by atoms with E-state index in [1.165, 1.54) is 23.8 Å². The van der Waals surface area contributed by atoms with Crippen LogP contribution in [0.15, 0.2) is 47.3 Å². The molecule has 5 nitrogen and oxygen atoms in total. The van der Waals surface area contributed by atoms with Crippen molar-refractivity contribution in [3.63, 3.8) is 0 Å². The number of hydrogen-bond donors (Lipinski definition) is 1. The Hall–Kier alpha value is -2.37. The number of benzene rings is 2. The Morgan fingerprint density at radius 2 is 1.95 bits per heavy atom. The van der Waals surface area contributed by atoms with Crippen LogP contribution >= 0.6 is 11.6 Å². The van der Waals surface area contributed by atoms with Crippen molar-refractivity contribution in [1.82, 2.24) is 9.55 Å². The van der Waals surface area contributed by atoms with Crippen molar-refractivity contribution >= 4 is 22.5 Å². The summed E-state index contributed by atoms with van der Waals surface area (Å²) < 4.78 is 6.62. The monoisotopic (exact) mass is 316 g/mol. The number of nitrogens with zero attached hydrogens (tertiary/aromatic N) is 2. The van der Waals surface area contributed by atoms with E-state index in [0.29, 0.717) is 27.4 Å². The Morgan fingerprint density at radius 1 is 1.23 bits per heavy atom. The van der Waals surface area contributed by atoms with E-state index in [1.807, 2.05) is 0 Å². The van der Waals surface area contributed by atoms with Crippen LogP contribution in [-0.4, -0.2) is 21.8 Å². The molecule has 3 aromatic rings. The third kappa shape index (κ3) is 2.56. The van der Waals surface area contributed by atoms with Gasteiger partial charge in [-0.1, -0.05) is 11.6 Å². The first-order chi connectivity index (χ1) is 10.6. The molecule has 2 aromatic carbocycles. The maximum Gasteiger partial charge on any atom is 0.266 e. The van der Waals surface area contributed by atoms with Crippen LogP contribution in [0.5, 0.6) is 5.75 Å². The van der Waals surface area contributed by atoms with E-state index in [9.17, 15) is 9.90 Å². The first-order valence-electron chi connectivity index (χ1n) is 6.59. The zero-order valence-electron chi connectivity index (χ0n) is 11.8. The van der Waals surface area contributed by atoms with E-state index >= 15 is 0 Å². The normalized spacial score (nSPS) is 11.0. The highest BCUT2D eigenvalue weighted by Crippen LogP contribution is 2.19. The molecule has 0 atom stereocenters. The molecule has 0 spiro atoms. The average Bonchev–Trinajstić information content (AvgIpc) is 2.49. The summed E-state index contributed by atoms with van der Waals surface area (Å²) in [4.78, 5) is 17.2. The highest BCUT2D eigenvalue weighted by Gasteiger charge is 2.13. The van der Waals surface area contributed by atoms with Crippen LogP contribution in [0.3, 0.4) is 0 Å². The van der Waals surface area contributed by atoms with Gasteiger partial charge in [-0.2, -0.15) is 0 Å². The fourth-order valence-corrected chi connectivity index (χ4v) is 2.43. The number of phenolic OH excluding ortho intramolecular Hbond substituents is 1. The minimum absolute atomic E-state index is 0.0620. The molecule has 0 aliphatic heterocycles. The molecule has 1 aromatic heterocycles. The van der Waals surface area contributed by atoms with E-state index in [4.69, 9.17) is 16.3 Å². The van der Waals surface area contributed by atoms with E-state index < -0.39 is 0 Å². The van der Waals surface area contributed by atoms with Gasteiger partial charge < -0.3 is 9.84 Å². The van der Waals surface area contributed by atoms with E-state index in [0.717, 1.165) is 0 Å². The maximum atomic E-state index is 12.8. The number of hydrogen-bond acceptors (Lipinski definition) is 4. The zero-order valence-corrected chi connectivity index (χ0v) is 12.5. The molecule has 112 valence electrons. The molecule has 6 heteroatoms. The lowest BCUT2D eigenvalue weighted by Gasteiger charge is -2.13. The van der Waals surface area contributed by atoms with Gasteiger partial charge in [0.2, 0.25) is 0 Å². The summed E-state index contributed by atoms with van der Waals surface area (Å²) >= 11 is 5.90. The molecule has 1 heterocycles. The molecule has 0 aliphatic rings. The molecular formula is C16H13ClN2O3. The zero-order chi connectivity index (χ0) is 15.7. The van der Waals surface area contributed by atoms with Crippen molar-refractivity contribution in [2.75, 3.05) is 7.11 Å². The van der Waals surface area contributed by atoms with Gasteiger partial charge in [-0.15, -0.1) is 0 Å². The number of phenols is 1. The number of rotatable bonds is 3. The quantitative estimate of drug-likeness (QED) is 0.807. The summed E-state index contributed by atoms with van der Waals surface area (Å²) in [7, 11) is 1.53. The van der Waals surface area contributed by atoms with Gasteiger partial charge in [-0.3, -0.25) is 9.36 Å². The van der Waals surface area contributed by atoms with Gasteiger partial charge in [0.05, 0.1) is 16.6 Å². The molecule has 0 radical (unpaired) electrons. The van der Waals surface area contributed by atoms with Gasteiger partial charge in [0.1, 0.15) is 18.2 Å². The Balaban J connectivity index is 2.33. The van der Waals surface area contributed by atoms with E-state index in [2.05, 4.69) is 4.98 Å². The molecule has 0 bridgehead atoms. The lowest BCUT2D eigenvalue weighted by atomic mass is 10.2. The smallest absolute Gasteiger partial charge is 0.266 e. The fourth-order valence-electron chi connectivity index (χ4n) is 2.30. The first kappa shape index (κ1) is 14.6. The van der Waals surface area contributed by atoms with Gasteiger partial charge in [0.25, 0.3) is 5.56 Å². The Labute approximate surface area is 131 Å². The molecular weight excluding hydrogens is 304 g/mol. The topological polar surface area (TPSA) is 64.3 Å². The van der Waals surface area contributed by atoms with E-state index in [-0.39, 0.29) is 17.9 Å². The van der Waals surface area contributed by atoms with Gasteiger partial charge in [0.15, 0.2) is 0 Å². The van der Waals surface area contributed by atoms with Crippen LogP contribution in [-0.2, 0) is 11.3 Å². The highest BCUT2D eigenvalue weighted by atomic mass is 35.5. The van der Waals surface area contributed by atoms with Crippen LogP contribution in [0.1, 0.15) is 5.82 Å².